The molecule has 0 radical (unpaired) electrons. The van der Waals surface area contributed by atoms with Gasteiger partial charge in [0, 0.05) is 8.95 Å². The molecule has 0 aromatic heterocycles. The van der Waals surface area contributed by atoms with Gasteiger partial charge >= 0.3 is 5.97 Å². The maximum absolute atomic E-state index is 12.3. The van der Waals surface area contributed by atoms with Gasteiger partial charge in [0.1, 0.15) is 0 Å². The van der Waals surface area contributed by atoms with E-state index >= 15 is 0 Å². The molecule has 0 aliphatic heterocycles. The van der Waals surface area contributed by atoms with Crippen molar-refractivity contribution in [1.82, 2.24) is 0 Å². The van der Waals surface area contributed by atoms with Crippen LogP contribution in [0.4, 0.5) is 5.69 Å². The quantitative estimate of drug-likeness (QED) is 0.593. The largest absolute Gasteiger partial charge is 0.455 e. The number of ether oxygens (including phenoxy) is 1. The molecule has 1 N–H and O–H groups in total. The molecule has 2 aromatic rings. The third-order valence-corrected chi connectivity index (χ3v) is 4.94. The number of aryl methyl sites for hydroxylation is 1. The Balaban J connectivity index is 1.97. The third kappa shape index (κ3) is 5.41. The number of anilines is 1. The van der Waals surface area contributed by atoms with Gasteiger partial charge in [-0.25, -0.2) is 0 Å². The molecule has 0 fully saturated rings. The number of esters is 1. The number of nitrogens with one attached hydrogen (secondary N) is 1. The third-order valence-electron chi connectivity index (χ3n) is 3.69. The lowest BCUT2D eigenvalue weighted by atomic mass is 9.97. The van der Waals surface area contributed by atoms with Gasteiger partial charge in [0.2, 0.25) is 0 Å². The van der Waals surface area contributed by atoms with E-state index in [-0.39, 0.29) is 18.4 Å². The Kier molecular flexibility index (Phi) is 7.20. The molecular formula is C19H19Br2NO3. The van der Waals surface area contributed by atoms with Crippen molar-refractivity contribution < 1.29 is 14.3 Å². The molecule has 0 bridgehead atoms. The highest BCUT2D eigenvalue weighted by molar-refractivity contribution is 9.11. The lowest BCUT2D eigenvalue weighted by Gasteiger charge is -2.15. The summed E-state index contributed by atoms with van der Waals surface area (Å²) in [7, 11) is 0. The van der Waals surface area contributed by atoms with Crippen molar-refractivity contribution in [1.29, 1.82) is 0 Å². The number of halogens is 2. The molecule has 2 rings (SSSR count). The van der Waals surface area contributed by atoms with Crippen LogP contribution in [-0.4, -0.2) is 18.5 Å². The van der Waals surface area contributed by atoms with Crippen LogP contribution in [0.15, 0.2) is 51.4 Å². The first kappa shape index (κ1) is 19.7. The van der Waals surface area contributed by atoms with Gasteiger partial charge in [-0.15, -0.1) is 0 Å². The minimum atomic E-state index is -0.397. The molecule has 1 atom stereocenters. The van der Waals surface area contributed by atoms with Crippen LogP contribution in [0.5, 0.6) is 0 Å². The fraction of sp³-hybridized carbons (Fsp3) is 0.263. The van der Waals surface area contributed by atoms with Gasteiger partial charge < -0.3 is 10.1 Å². The van der Waals surface area contributed by atoms with Crippen LogP contribution in [0.1, 0.15) is 30.4 Å². The molecule has 0 spiro atoms. The topological polar surface area (TPSA) is 55.4 Å². The predicted molar refractivity (Wildman–Crippen MR) is 106 cm³/mol. The molecule has 0 heterocycles. The highest BCUT2D eigenvalue weighted by Crippen LogP contribution is 2.32. The maximum Gasteiger partial charge on any atom is 0.313 e. The first-order valence-electron chi connectivity index (χ1n) is 7.89. The summed E-state index contributed by atoms with van der Waals surface area (Å²) in [5, 5.41) is 2.75. The number of rotatable bonds is 6. The molecule has 25 heavy (non-hydrogen) atoms. The van der Waals surface area contributed by atoms with Crippen LogP contribution in [0.2, 0.25) is 0 Å². The molecule has 4 nitrogen and oxygen atoms in total. The standard InChI is InChI=1S/C19H19Br2NO3/c1-3-14(13-7-5-4-6-8-13)19(24)25-11-17(23)22-18-15(20)9-12(2)10-16(18)21/h4-10,14H,3,11H2,1-2H3,(H,22,23)/t14-/m1/s1. The first-order valence-corrected chi connectivity index (χ1v) is 9.48. The van der Waals surface area contributed by atoms with Gasteiger partial charge in [-0.1, -0.05) is 37.3 Å². The van der Waals surface area contributed by atoms with Crippen LogP contribution in [0, 0.1) is 6.92 Å². The summed E-state index contributed by atoms with van der Waals surface area (Å²) in [6.45, 7) is 3.55. The van der Waals surface area contributed by atoms with Crippen LogP contribution < -0.4 is 5.32 Å². The Hall–Kier alpha value is -1.66. The van der Waals surface area contributed by atoms with Crippen LogP contribution >= 0.6 is 31.9 Å². The summed E-state index contributed by atoms with van der Waals surface area (Å²) < 4.78 is 6.72. The van der Waals surface area contributed by atoms with Crippen molar-refractivity contribution in [3.8, 4) is 0 Å². The van der Waals surface area contributed by atoms with E-state index in [9.17, 15) is 9.59 Å². The van der Waals surface area contributed by atoms with Gasteiger partial charge in [0.05, 0.1) is 11.6 Å². The van der Waals surface area contributed by atoms with Crippen LogP contribution in [0.3, 0.4) is 0 Å². The zero-order valence-corrected chi connectivity index (χ0v) is 17.2. The lowest BCUT2D eigenvalue weighted by molar-refractivity contribution is -0.149. The van der Waals surface area contributed by atoms with E-state index in [2.05, 4.69) is 37.2 Å². The average Bonchev–Trinajstić information content (AvgIpc) is 2.58. The molecule has 132 valence electrons. The average molecular weight is 469 g/mol. The van der Waals surface area contributed by atoms with Crippen LogP contribution in [0.25, 0.3) is 0 Å². The second-order valence-corrected chi connectivity index (χ2v) is 7.34. The van der Waals surface area contributed by atoms with Crippen LogP contribution in [-0.2, 0) is 14.3 Å². The minimum absolute atomic E-state index is 0.324. The van der Waals surface area contributed by atoms with Gasteiger partial charge in [-0.05, 0) is 68.5 Å². The Morgan fingerprint density at radius 3 is 2.28 bits per heavy atom. The Labute approximate surface area is 164 Å². The van der Waals surface area contributed by atoms with E-state index in [0.29, 0.717) is 12.1 Å². The fourth-order valence-electron chi connectivity index (χ4n) is 2.46. The highest BCUT2D eigenvalue weighted by atomic mass is 79.9. The smallest absolute Gasteiger partial charge is 0.313 e. The number of carbonyl (C=O) groups excluding carboxylic acids is 2. The SMILES string of the molecule is CC[C@@H](C(=O)OCC(=O)Nc1c(Br)cc(C)cc1Br)c1ccccc1. The Bertz CT molecular complexity index is 740. The van der Waals surface area contributed by atoms with E-state index < -0.39 is 5.97 Å². The molecule has 1 amide bonds. The number of amides is 1. The van der Waals surface area contributed by atoms with Crippen molar-refractivity contribution >= 4 is 49.4 Å². The van der Waals surface area contributed by atoms with Crippen molar-refractivity contribution in [3.05, 3.63) is 62.5 Å². The summed E-state index contributed by atoms with van der Waals surface area (Å²) in [5.41, 5.74) is 2.55. The first-order chi connectivity index (χ1) is 11.9. The van der Waals surface area contributed by atoms with Crippen molar-refractivity contribution in [2.24, 2.45) is 0 Å². The van der Waals surface area contributed by atoms with Gasteiger partial charge in [-0.2, -0.15) is 0 Å². The van der Waals surface area contributed by atoms with Crippen molar-refractivity contribution in [3.63, 3.8) is 0 Å². The summed E-state index contributed by atoms with van der Waals surface area (Å²) in [4.78, 5) is 24.4. The van der Waals surface area contributed by atoms with Gasteiger partial charge in [-0.3, -0.25) is 9.59 Å². The molecule has 0 saturated heterocycles. The monoisotopic (exact) mass is 467 g/mol. The second-order valence-electron chi connectivity index (χ2n) is 5.63. The minimum Gasteiger partial charge on any atom is -0.455 e. The van der Waals surface area contributed by atoms with E-state index in [1.165, 1.54) is 0 Å². The normalized spacial score (nSPS) is 11.7. The van der Waals surface area contributed by atoms with Crippen molar-refractivity contribution in [2.45, 2.75) is 26.2 Å². The molecule has 6 heteroatoms. The summed E-state index contributed by atoms with van der Waals surface area (Å²) in [6.07, 6.45) is 0.611. The summed E-state index contributed by atoms with van der Waals surface area (Å²) in [6, 6.07) is 13.2. The number of hydrogen-bond acceptors (Lipinski definition) is 3. The molecule has 0 aliphatic rings. The number of benzene rings is 2. The van der Waals surface area contributed by atoms with E-state index in [0.717, 1.165) is 20.1 Å². The van der Waals surface area contributed by atoms with E-state index in [1.807, 2.05) is 56.3 Å². The van der Waals surface area contributed by atoms with E-state index in [1.54, 1.807) is 0 Å². The zero-order chi connectivity index (χ0) is 18.4. The van der Waals surface area contributed by atoms with E-state index in [4.69, 9.17) is 4.74 Å². The molecule has 0 aliphatic carbocycles. The predicted octanol–water partition coefficient (Wildman–Crippen LogP) is 5.20. The van der Waals surface area contributed by atoms with Gasteiger partial charge in [0.25, 0.3) is 5.91 Å². The highest BCUT2D eigenvalue weighted by Gasteiger charge is 2.21. The Morgan fingerprint density at radius 1 is 1.12 bits per heavy atom. The molecule has 0 saturated carbocycles. The zero-order valence-electron chi connectivity index (χ0n) is 14.0. The fourth-order valence-corrected chi connectivity index (χ4v) is 4.07. The maximum atomic E-state index is 12.3. The second kappa shape index (κ2) is 9.15. The summed E-state index contributed by atoms with van der Waals surface area (Å²) >= 11 is 6.84. The lowest BCUT2D eigenvalue weighted by Crippen LogP contribution is -2.24. The van der Waals surface area contributed by atoms with Crippen molar-refractivity contribution in [2.75, 3.05) is 11.9 Å². The molecule has 2 aromatic carbocycles. The van der Waals surface area contributed by atoms with Gasteiger partial charge in [0.15, 0.2) is 6.61 Å². The Morgan fingerprint density at radius 2 is 1.72 bits per heavy atom. The number of hydrogen-bond donors (Lipinski definition) is 1. The summed E-state index contributed by atoms with van der Waals surface area (Å²) in [5.74, 6) is -1.15. The molecule has 0 unspecified atom stereocenters. The number of carbonyl (C=O) groups is 2. The molecular weight excluding hydrogens is 450 g/mol.